The molecule has 0 aromatic heterocycles. The quantitative estimate of drug-likeness (QED) is 0.516. The zero-order valence-electron chi connectivity index (χ0n) is 19.5. The standard InChI is InChI=1S/C14H20N2O2.C14H12O2/c1-2-13(17)14(15)11-3-5-12(6-4-11)16-7-9-18-10-8-16;15-13(11-7-3-1-4-8-11)14(16)12-9-5-2-6-10-12/h3-6,14H,2,7-10,15H2,1H3;1-10,13,15H. The average Bonchev–Trinajstić information content (AvgIpc) is 2.93. The maximum atomic E-state index is 11.9. The minimum Gasteiger partial charge on any atom is -0.380 e. The van der Waals surface area contributed by atoms with Gasteiger partial charge in [0.05, 0.1) is 19.3 Å². The van der Waals surface area contributed by atoms with Crippen LogP contribution >= 0.6 is 0 Å². The summed E-state index contributed by atoms with van der Waals surface area (Å²) in [5.74, 6) is -0.194. The van der Waals surface area contributed by atoms with E-state index >= 15 is 0 Å². The Labute approximate surface area is 201 Å². The Morgan fingerprint density at radius 1 is 0.882 bits per heavy atom. The highest BCUT2D eigenvalue weighted by Crippen LogP contribution is 2.20. The number of benzene rings is 3. The van der Waals surface area contributed by atoms with Gasteiger partial charge in [-0.2, -0.15) is 0 Å². The van der Waals surface area contributed by atoms with Crippen molar-refractivity contribution in [3.05, 3.63) is 102 Å². The van der Waals surface area contributed by atoms with Crippen LogP contribution in [0.25, 0.3) is 0 Å². The van der Waals surface area contributed by atoms with Gasteiger partial charge in [-0.1, -0.05) is 79.7 Å². The largest absolute Gasteiger partial charge is 0.380 e. The van der Waals surface area contributed by atoms with Gasteiger partial charge in [0.15, 0.2) is 11.6 Å². The lowest BCUT2D eigenvalue weighted by atomic mass is 10.0. The van der Waals surface area contributed by atoms with E-state index in [9.17, 15) is 14.7 Å². The number of ketones is 2. The Hall–Kier alpha value is -3.32. The van der Waals surface area contributed by atoms with Crippen molar-refractivity contribution < 1.29 is 19.4 Å². The van der Waals surface area contributed by atoms with Gasteiger partial charge in [0, 0.05) is 30.8 Å². The van der Waals surface area contributed by atoms with Crippen LogP contribution in [0, 0.1) is 0 Å². The molecule has 4 rings (SSSR count). The summed E-state index contributed by atoms with van der Waals surface area (Å²) in [6.45, 7) is 5.22. The van der Waals surface area contributed by atoms with Crippen molar-refractivity contribution in [3.8, 4) is 0 Å². The van der Waals surface area contributed by atoms with Crippen molar-refractivity contribution in [2.75, 3.05) is 31.2 Å². The van der Waals surface area contributed by atoms with E-state index in [2.05, 4.69) is 4.90 Å². The lowest BCUT2D eigenvalue weighted by Gasteiger charge is -2.29. The van der Waals surface area contributed by atoms with Crippen molar-refractivity contribution >= 4 is 17.3 Å². The Kier molecular flexibility index (Phi) is 9.52. The third-order valence-corrected chi connectivity index (χ3v) is 5.75. The maximum Gasteiger partial charge on any atom is 0.195 e. The van der Waals surface area contributed by atoms with E-state index in [1.807, 2.05) is 43.3 Å². The molecule has 0 spiro atoms. The van der Waals surface area contributed by atoms with E-state index < -0.39 is 12.1 Å². The molecule has 6 heteroatoms. The number of rotatable bonds is 7. The van der Waals surface area contributed by atoms with Crippen LogP contribution in [0.1, 0.15) is 47.0 Å². The first-order valence-electron chi connectivity index (χ1n) is 11.5. The maximum absolute atomic E-state index is 11.9. The number of carbonyl (C=O) groups is 2. The van der Waals surface area contributed by atoms with Crippen LogP contribution in [0.2, 0.25) is 0 Å². The summed E-state index contributed by atoms with van der Waals surface area (Å²) in [6, 6.07) is 25.2. The van der Waals surface area contributed by atoms with E-state index in [4.69, 9.17) is 10.5 Å². The van der Waals surface area contributed by atoms with Gasteiger partial charge < -0.3 is 20.5 Å². The molecule has 6 nitrogen and oxygen atoms in total. The molecule has 1 heterocycles. The Morgan fingerprint density at radius 3 is 2.00 bits per heavy atom. The second-order valence-corrected chi connectivity index (χ2v) is 8.03. The molecular weight excluding hydrogens is 428 g/mol. The van der Waals surface area contributed by atoms with Gasteiger partial charge in [-0.25, -0.2) is 0 Å². The van der Waals surface area contributed by atoms with Crippen LogP contribution in [0.15, 0.2) is 84.9 Å². The molecule has 3 aromatic rings. The van der Waals surface area contributed by atoms with E-state index in [-0.39, 0.29) is 11.6 Å². The number of hydrogen-bond donors (Lipinski definition) is 2. The van der Waals surface area contributed by atoms with Crippen LogP contribution < -0.4 is 10.6 Å². The molecule has 1 saturated heterocycles. The highest BCUT2D eigenvalue weighted by atomic mass is 16.5. The molecule has 3 aromatic carbocycles. The predicted octanol–water partition coefficient (Wildman–Crippen LogP) is 4.11. The minimum absolute atomic E-state index is 0.0779. The Balaban J connectivity index is 0.000000192. The Bertz CT molecular complexity index is 1030. The molecule has 1 aliphatic rings. The van der Waals surface area contributed by atoms with E-state index in [1.165, 1.54) is 0 Å². The summed E-state index contributed by atoms with van der Waals surface area (Å²) in [5.41, 5.74) is 9.10. The summed E-state index contributed by atoms with van der Waals surface area (Å²) in [7, 11) is 0. The smallest absolute Gasteiger partial charge is 0.195 e. The molecule has 3 N–H and O–H groups in total. The molecule has 2 atom stereocenters. The number of nitrogens with zero attached hydrogens (tertiary/aromatic N) is 1. The second-order valence-electron chi connectivity index (χ2n) is 8.03. The van der Waals surface area contributed by atoms with Gasteiger partial charge in [0.25, 0.3) is 0 Å². The number of anilines is 1. The number of nitrogens with two attached hydrogens (primary N) is 1. The monoisotopic (exact) mass is 460 g/mol. The van der Waals surface area contributed by atoms with Gasteiger partial charge in [0.2, 0.25) is 0 Å². The third-order valence-electron chi connectivity index (χ3n) is 5.75. The van der Waals surface area contributed by atoms with Gasteiger partial charge in [-0.05, 0) is 23.3 Å². The summed E-state index contributed by atoms with van der Waals surface area (Å²) >= 11 is 0. The molecule has 1 aliphatic heterocycles. The minimum atomic E-state index is -1.08. The van der Waals surface area contributed by atoms with Crippen LogP contribution in [0.5, 0.6) is 0 Å². The number of carbonyl (C=O) groups excluding carboxylic acids is 2. The van der Waals surface area contributed by atoms with Crippen molar-refractivity contribution in [1.82, 2.24) is 0 Å². The summed E-state index contributed by atoms with van der Waals surface area (Å²) in [5, 5.41) is 9.89. The SMILES string of the molecule is CCC(=O)C(N)c1ccc(N2CCOCC2)cc1.O=C(c1ccccc1)C(O)c1ccccc1. The van der Waals surface area contributed by atoms with Crippen molar-refractivity contribution in [2.24, 2.45) is 5.73 Å². The molecule has 2 unspecified atom stereocenters. The molecule has 1 fully saturated rings. The number of hydrogen-bond acceptors (Lipinski definition) is 6. The predicted molar refractivity (Wildman–Crippen MR) is 134 cm³/mol. The number of aliphatic hydroxyl groups is 1. The van der Waals surface area contributed by atoms with E-state index in [0.29, 0.717) is 17.5 Å². The molecule has 0 saturated carbocycles. The van der Waals surface area contributed by atoms with Crippen LogP contribution in [0.4, 0.5) is 5.69 Å². The zero-order valence-corrected chi connectivity index (χ0v) is 19.5. The molecule has 34 heavy (non-hydrogen) atoms. The average molecular weight is 461 g/mol. The molecule has 0 radical (unpaired) electrons. The lowest BCUT2D eigenvalue weighted by molar-refractivity contribution is -0.120. The fourth-order valence-electron chi connectivity index (χ4n) is 3.67. The van der Waals surface area contributed by atoms with Gasteiger partial charge in [-0.15, -0.1) is 0 Å². The first-order chi connectivity index (χ1) is 16.5. The number of ether oxygens (including phenoxy) is 1. The topological polar surface area (TPSA) is 92.9 Å². The molecule has 0 amide bonds. The highest BCUT2D eigenvalue weighted by Gasteiger charge is 2.18. The van der Waals surface area contributed by atoms with Crippen LogP contribution in [0.3, 0.4) is 0 Å². The van der Waals surface area contributed by atoms with Gasteiger partial charge in [0.1, 0.15) is 6.10 Å². The second kappa shape index (κ2) is 12.8. The molecule has 0 aliphatic carbocycles. The third kappa shape index (κ3) is 6.84. The first-order valence-corrected chi connectivity index (χ1v) is 11.5. The fraction of sp³-hybridized carbons (Fsp3) is 0.286. The van der Waals surface area contributed by atoms with Gasteiger partial charge in [-0.3, -0.25) is 9.59 Å². The number of aliphatic hydroxyl groups excluding tert-OH is 1. The fourth-order valence-corrected chi connectivity index (χ4v) is 3.67. The van der Waals surface area contributed by atoms with E-state index in [0.717, 1.165) is 37.6 Å². The van der Waals surface area contributed by atoms with Gasteiger partial charge >= 0.3 is 0 Å². The molecular formula is C28H32N2O4. The zero-order chi connectivity index (χ0) is 24.3. The first kappa shape index (κ1) is 25.3. The normalized spacial score (nSPS) is 15.0. The van der Waals surface area contributed by atoms with Crippen LogP contribution in [-0.4, -0.2) is 43.0 Å². The Morgan fingerprint density at radius 2 is 1.44 bits per heavy atom. The van der Waals surface area contributed by atoms with Crippen molar-refractivity contribution in [2.45, 2.75) is 25.5 Å². The number of Topliss-reactive ketones (excluding diaryl/α,β-unsaturated/α-hetero) is 2. The van der Waals surface area contributed by atoms with Crippen molar-refractivity contribution in [3.63, 3.8) is 0 Å². The lowest BCUT2D eigenvalue weighted by Crippen LogP contribution is -2.36. The summed E-state index contributed by atoms with van der Waals surface area (Å²) in [6.07, 6.45) is -0.601. The highest BCUT2D eigenvalue weighted by molar-refractivity contribution is 5.99. The van der Waals surface area contributed by atoms with E-state index in [1.54, 1.807) is 48.5 Å². The van der Waals surface area contributed by atoms with Crippen molar-refractivity contribution in [1.29, 1.82) is 0 Å². The van der Waals surface area contributed by atoms with Crippen LogP contribution in [-0.2, 0) is 9.53 Å². The number of morpholine rings is 1. The summed E-state index contributed by atoms with van der Waals surface area (Å²) < 4.78 is 5.32. The summed E-state index contributed by atoms with van der Waals surface area (Å²) in [4.78, 5) is 25.7. The molecule has 0 bridgehead atoms. The molecule has 178 valence electrons.